The fraction of sp³-hybridized carbons (Fsp3) is 0.500. The minimum absolute atomic E-state index is 0. The van der Waals surface area contributed by atoms with Crippen LogP contribution in [-0.2, 0) is 18.9 Å². The molecule has 2 aromatic heterocycles. The monoisotopic (exact) mass is 403 g/mol. The van der Waals surface area contributed by atoms with Gasteiger partial charge >= 0.3 is 5.69 Å². The average Bonchev–Trinajstić information content (AvgIpc) is 3.09. The van der Waals surface area contributed by atoms with Crippen molar-refractivity contribution in [3.8, 4) is 0 Å². The molecular weight excluding hydrogens is 381 g/mol. The number of halogens is 2. The first-order valence-corrected chi connectivity index (χ1v) is 8.03. The minimum atomic E-state index is -0.429. The third-order valence-electron chi connectivity index (χ3n) is 4.52. The van der Waals surface area contributed by atoms with E-state index in [0.717, 1.165) is 30.5 Å². The van der Waals surface area contributed by atoms with E-state index in [0.29, 0.717) is 29.1 Å². The van der Waals surface area contributed by atoms with E-state index >= 15 is 0 Å². The standard InChI is InChI=1S/C16H21N5O3.2ClH/c1-20-14-12(15(23)21(2)16(20)24)7-11(9-18-14)19-13(22)4-3-10-5-6-17-8-10;;/h7,9-10,17H,3-6,8H2,1-2H3,(H,19,22);2*1H. The molecule has 0 spiro atoms. The molecule has 1 amide bonds. The van der Waals surface area contributed by atoms with Gasteiger partial charge in [0, 0.05) is 20.5 Å². The predicted molar refractivity (Wildman–Crippen MR) is 106 cm³/mol. The first kappa shape index (κ1) is 22.1. The van der Waals surface area contributed by atoms with Gasteiger partial charge < -0.3 is 10.6 Å². The molecule has 0 radical (unpaired) electrons. The minimum Gasteiger partial charge on any atom is -0.325 e. The van der Waals surface area contributed by atoms with Gasteiger partial charge in [0.2, 0.25) is 5.91 Å². The Bertz CT molecular complexity index is 903. The van der Waals surface area contributed by atoms with Crippen molar-refractivity contribution in [2.24, 2.45) is 20.0 Å². The van der Waals surface area contributed by atoms with Crippen LogP contribution in [0.4, 0.5) is 5.69 Å². The molecule has 1 fully saturated rings. The van der Waals surface area contributed by atoms with E-state index in [1.54, 1.807) is 13.1 Å². The van der Waals surface area contributed by atoms with E-state index in [9.17, 15) is 14.4 Å². The lowest BCUT2D eigenvalue weighted by Gasteiger charge is -2.10. The highest BCUT2D eigenvalue weighted by Gasteiger charge is 2.16. The molecule has 0 aliphatic carbocycles. The molecule has 8 nitrogen and oxygen atoms in total. The lowest BCUT2D eigenvalue weighted by molar-refractivity contribution is -0.116. The van der Waals surface area contributed by atoms with Crippen LogP contribution in [-0.4, -0.2) is 33.1 Å². The molecule has 1 saturated heterocycles. The molecule has 26 heavy (non-hydrogen) atoms. The van der Waals surface area contributed by atoms with Crippen LogP contribution >= 0.6 is 24.8 Å². The summed E-state index contributed by atoms with van der Waals surface area (Å²) >= 11 is 0. The van der Waals surface area contributed by atoms with Crippen molar-refractivity contribution in [1.82, 2.24) is 19.4 Å². The number of carbonyl (C=O) groups is 1. The molecule has 0 bridgehead atoms. The van der Waals surface area contributed by atoms with E-state index in [1.165, 1.54) is 17.8 Å². The van der Waals surface area contributed by atoms with Gasteiger partial charge in [-0.1, -0.05) is 0 Å². The Morgan fingerprint density at radius 1 is 1.31 bits per heavy atom. The van der Waals surface area contributed by atoms with E-state index in [1.807, 2.05) is 0 Å². The zero-order chi connectivity index (χ0) is 17.3. The number of anilines is 1. The Hall–Kier alpha value is -1.90. The number of pyridine rings is 1. The van der Waals surface area contributed by atoms with Crippen molar-refractivity contribution in [3.63, 3.8) is 0 Å². The Morgan fingerprint density at radius 3 is 2.69 bits per heavy atom. The van der Waals surface area contributed by atoms with E-state index in [2.05, 4.69) is 15.6 Å². The second-order valence-electron chi connectivity index (χ2n) is 6.25. The quantitative estimate of drug-likeness (QED) is 0.786. The SMILES string of the molecule is Cl.Cl.Cn1c(=O)c2cc(NC(=O)CCC3CCNC3)cnc2n(C)c1=O. The van der Waals surface area contributed by atoms with Crippen LogP contribution in [0.2, 0.25) is 0 Å². The maximum atomic E-state index is 12.2. The number of rotatable bonds is 4. The average molecular weight is 404 g/mol. The third-order valence-corrected chi connectivity index (χ3v) is 4.52. The van der Waals surface area contributed by atoms with Crippen LogP contribution < -0.4 is 21.9 Å². The van der Waals surface area contributed by atoms with Gasteiger partial charge in [-0.15, -0.1) is 24.8 Å². The summed E-state index contributed by atoms with van der Waals surface area (Å²) in [5.74, 6) is 0.456. The predicted octanol–water partition coefficient (Wildman–Crippen LogP) is 0.804. The molecule has 10 heteroatoms. The van der Waals surface area contributed by atoms with Crippen molar-refractivity contribution in [2.75, 3.05) is 18.4 Å². The van der Waals surface area contributed by atoms with E-state index < -0.39 is 11.2 Å². The summed E-state index contributed by atoms with van der Waals surface area (Å²) in [7, 11) is 2.98. The summed E-state index contributed by atoms with van der Waals surface area (Å²) in [6.07, 6.45) is 3.86. The maximum absolute atomic E-state index is 12.2. The first-order chi connectivity index (χ1) is 11.5. The first-order valence-electron chi connectivity index (χ1n) is 8.03. The molecule has 0 saturated carbocycles. The highest BCUT2D eigenvalue weighted by atomic mass is 35.5. The molecule has 2 aromatic rings. The number of fused-ring (bicyclic) bond motifs is 1. The topological polar surface area (TPSA) is 98.0 Å². The zero-order valence-electron chi connectivity index (χ0n) is 14.7. The molecule has 1 aliphatic rings. The molecule has 1 aliphatic heterocycles. The number of carbonyl (C=O) groups excluding carboxylic acids is 1. The van der Waals surface area contributed by atoms with Crippen LogP contribution in [0, 0.1) is 5.92 Å². The van der Waals surface area contributed by atoms with Crippen LogP contribution in [0.5, 0.6) is 0 Å². The Balaban J connectivity index is 0.00000169. The van der Waals surface area contributed by atoms with Gasteiger partial charge in [-0.3, -0.25) is 18.7 Å². The second kappa shape index (κ2) is 9.16. The highest BCUT2D eigenvalue weighted by Crippen LogP contribution is 2.16. The van der Waals surface area contributed by atoms with Crippen LogP contribution in [0.1, 0.15) is 19.3 Å². The molecule has 3 heterocycles. The lowest BCUT2D eigenvalue weighted by Crippen LogP contribution is -2.37. The summed E-state index contributed by atoms with van der Waals surface area (Å²) in [4.78, 5) is 40.4. The maximum Gasteiger partial charge on any atom is 0.332 e. The van der Waals surface area contributed by atoms with Crippen molar-refractivity contribution in [3.05, 3.63) is 33.1 Å². The van der Waals surface area contributed by atoms with Gasteiger partial charge in [0.25, 0.3) is 5.56 Å². The van der Waals surface area contributed by atoms with Crippen LogP contribution in [0.3, 0.4) is 0 Å². The van der Waals surface area contributed by atoms with Gasteiger partial charge in [-0.25, -0.2) is 9.78 Å². The van der Waals surface area contributed by atoms with Crippen LogP contribution in [0.15, 0.2) is 21.9 Å². The van der Waals surface area contributed by atoms with Crippen molar-refractivity contribution < 1.29 is 4.79 Å². The van der Waals surface area contributed by atoms with Crippen molar-refractivity contribution in [2.45, 2.75) is 19.3 Å². The number of nitrogens with zero attached hydrogens (tertiary/aromatic N) is 3. The molecule has 3 rings (SSSR count). The number of hydrogen-bond donors (Lipinski definition) is 2. The molecule has 2 N–H and O–H groups in total. The Labute approximate surface area is 162 Å². The summed E-state index contributed by atoms with van der Waals surface area (Å²) in [6, 6.07) is 1.57. The number of aryl methyl sites for hydroxylation is 1. The van der Waals surface area contributed by atoms with Gasteiger partial charge in [0.05, 0.1) is 17.3 Å². The zero-order valence-corrected chi connectivity index (χ0v) is 16.3. The summed E-state index contributed by atoms with van der Waals surface area (Å²) < 4.78 is 2.35. The van der Waals surface area contributed by atoms with Gasteiger partial charge in [-0.05, 0) is 37.9 Å². The highest BCUT2D eigenvalue weighted by molar-refractivity contribution is 5.92. The third kappa shape index (κ3) is 4.44. The van der Waals surface area contributed by atoms with E-state index in [4.69, 9.17) is 0 Å². The fourth-order valence-electron chi connectivity index (χ4n) is 3.05. The van der Waals surface area contributed by atoms with Gasteiger partial charge in [-0.2, -0.15) is 0 Å². The number of aromatic nitrogens is 3. The molecular formula is C16H23Cl2N5O3. The normalized spacial score (nSPS) is 16.0. The van der Waals surface area contributed by atoms with Crippen molar-refractivity contribution >= 4 is 47.4 Å². The Kier molecular flexibility index (Phi) is 7.80. The Morgan fingerprint density at radius 2 is 2.04 bits per heavy atom. The van der Waals surface area contributed by atoms with Gasteiger partial charge in [0.1, 0.15) is 5.65 Å². The largest absolute Gasteiger partial charge is 0.332 e. The summed E-state index contributed by atoms with van der Waals surface area (Å²) in [5.41, 5.74) is -0.0818. The van der Waals surface area contributed by atoms with E-state index in [-0.39, 0.29) is 30.7 Å². The number of amides is 1. The number of hydrogen-bond acceptors (Lipinski definition) is 5. The van der Waals surface area contributed by atoms with Crippen molar-refractivity contribution in [1.29, 1.82) is 0 Å². The molecule has 1 unspecified atom stereocenters. The van der Waals surface area contributed by atoms with Crippen LogP contribution in [0.25, 0.3) is 11.0 Å². The lowest BCUT2D eigenvalue weighted by atomic mass is 10.0. The smallest absolute Gasteiger partial charge is 0.325 e. The summed E-state index contributed by atoms with van der Waals surface area (Å²) in [6.45, 7) is 1.98. The second-order valence-corrected chi connectivity index (χ2v) is 6.25. The summed E-state index contributed by atoms with van der Waals surface area (Å²) in [5, 5.41) is 6.37. The molecule has 144 valence electrons. The van der Waals surface area contributed by atoms with Gasteiger partial charge in [0.15, 0.2) is 0 Å². The molecule has 0 aromatic carbocycles. The fourth-order valence-corrected chi connectivity index (χ4v) is 3.05. The number of nitrogens with one attached hydrogen (secondary N) is 2. The molecule has 1 atom stereocenters.